The predicted molar refractivity (Wildman–Crippen MR) is 168 cm³/mol. The van der Waals surface area contributed by atoms with Crippen LogP contribution in [0.15, 0.2) is 0 Å². The maximum atomic E-state index is 16.1. The lowest BCUT2D eigenvalue weighted by atomic mass is 9.65. The lowest BCUT2D eigenvalue weighted by molar-refractivity contribution is -0.160. The van der Waals surface area contributed by atoms with Crippen molar-refractivity contribution in [1.29, 1.82) is 0 Å². The van der Waals surface area contributed by atoms with E-state index in [4.69, 9.17) is 11.5 Å². The molecule has 0 saturated carbocycles. The molecule has 2 amide bonds. The summed E-state index contributed by atoms with van der Waals surface area (Å²) in [7, 11) is 0. The van der Waals surface area contributed by atoms with Crippen molar-refractivity contribution in [3.8, 4) is 0 Å². The van der Waals surface area contributed by atoms with Crippen LogP contribution in [0.1, 0.15) is 71.6 Å². The summed E-state index contributed by atoms with van der Waals surface area (Å²) in [6.45, 7) is 10.0. The molecular formula is C32H58F2N8O2. The van der Waals surface area contributed by atoms with Gasteiger partial charge >= 0.3 is 0 Å². The molecule has 5 fully saturated rings. The molecule has 0 radical (unpaired) electrons. The number of hydrogen-bond donors (Lipinski definition) is 4. The first-order valence-electron chi connectivity index (χ1n) is 17.5. The monoisotopic (exact) mass is 624 g/mol. The molecule has 5 rings (SSSR count). The van der Waals surface area contributed by atoms with Gasteiger partial charge in [-0.15, -0.1) is 0 Å². The zero-order chi connectivity index (χ0) is 31.4. The summed E-state index contributed by atoms with van der Waals surface area (Å²) in [6, 6.07) is -1.15. The quantitative estimate of drug-likeness (QED) is 0.177. The van der Waals surface area contributed by atoms with Gasteiger partial charge in [0.15, 0.2) is 0 Å². The highest BCUT2D eigenvalue weighted by atomic mass is 19.1. The van der Waals surface area contributed by atoms with Gasteiger partial charge in [0.05, 0.1) is 30.1 Å². The predicted octanol–water partition coefficient (Wildman–Crippen LogP) is 1.04. The summed E-state index contributed by atoms with van der Waals surface area (Å²) in [5.74, 6) is -0.723. The maximum absolute atomic E-state index is 16.1. The third-order valence-corrected chi connectivity index (χ3v) is 11.3. The minimum Gasteiger partial charge on any atom is -0.350 e. The van der Waals surface area contributed by atoms with Crippen LogP contribution in [-0.2, 0) is 9.59 Å². The summed E-state index contributed by atoms with van der Waals surface area (Å²) in [6.07, 6.45) is 5.54. The fraction of sp³-hybridized carbons (Fsp3) is 0.938. The summed E-state index contributed by atoms with van der Waals surface area (Å²) in [4.78, 5) is 35.3. The molecule has 5 aliphatic heterocycles. The molecule has 5 heterocycles. The number of nitrogens with zero attached hydrogens (tertiary/aromatic N) is 4. The van der Waals surface area contributed by atoms with Gasteiger partial charge in [0.25, 0.3) is 0 Å². The van der Waals surface area contributed by atoms with Crippen molar-refractivity contribution in [1.82, 2.24) is 30.2 Å². The Kier molecular flexibility index (Phi) is 11.5. The molecule has 0 aromatic heterocycles. The van der Waals surface area contributed by atoms with Crippen LogP contribution in [0.25, 0.3) is 0 Å². The normalized spacial score (nSPS) is 34.7. The largest absolute Gasteiger partial charge is 0.350 e. The molecule has 5 saturated heterocycles. The van der Waals surface area contributed by atoms with Gasteiger partial charge < -0.3 is 27.0 Å². The SMILES string of the molecule is CCCCCC12CCC(F)CN1C(C(C(=O)NC1CN(CCCC)CC(F)C1N1CCN(C(=O)C3CNC3)CC1)C(N)N)C2. The molecule has 0 aliphatic carbocycles. The van der Waals surface area contributed by atoms with Crippen LogP contribution in [0.5, 0.6) is 0 Å². The Hall–Kier alpha value is -1.44. The van der Waals surface area contributed by atoms with Crippen molar-refractivity contribution < 1.29 is 18.4 Å². The van der Waals surface area contributed by atoms with Gasteiger partial charge in [-0.25, -0.2) is 8.78 Å². The molecule has 7 unspecified atom stereocenters. The molecular weight excluding hydrogens is 566 g/mol. The summed E-state index contributed by atoms with van der Waals surface area (Å²) >= 11 is 0. The van der Waals surface area contributed by atoms with E-state index in [2.05, 4.69) is 39.2 Å². The summed E-state index contributed by atoms with van der Waals surface area (Å²) < 4.78 is 30.8. The smallest absolute Gasteiger partial charge is 0.228 e. The second kappa shape index (κ2) is 15.0. The number of unbranched alkanes of at least 4 members (excludes halogenated alkanes) is 3. The van der Waals surface area contributed by atoms with E-state index >= 15 is 4.39 Å². The minimum atomic E-state index is -1.14. The van der Waals surface area contributed by atoms with E-state index in [0.717, 1.165) is 71.0 Å². The number of piperazine rings is 1. The number of piperidine rings is 2. The third-order valence-electron chi connectivity index (χ3n) is 11.3. The number of rotatable bonds is 13. The lowest BCUT2D eigenvalue weighted by Crippen LogP contribution is -2.75. The number of likely N-dealkylation sites (tertiary alicyclic amines) is 1. The molecule has 44 heavy (non-hydrogen) atoms. The molecule has 12 heteroatoms. The van der Waals surface area contributed by atoms with Gasteiger partial charge in [-0.2, -0.15) is 0 Å². The van der Waals surface area contributed by atoms with Crippen molar-refractivity contribution in [2.24, 2.45) is 23.3 Å². The number of fused-ring (bicyclic) bond motifs is 1. The van der Waals surface area contributed by atoms with Gasteiger partial charge in [-0.3, -0.25) is 24.3 Å². The second-order valence-electron chi connectivity index (χ2n) is 14.3. The average Bonchev–Trinajstić information content (AvgIpc) is 2.95. The van der Waals surface area contributed by atoms with Crippen molar-refractivity contribution in [2.45, 2.75) is 114 Å². The zero-order valence-corrected chi connectivity index (χ0v) is 27.1. The Labute approximate surface area is 262 Å². The first-order valence-corrected chi connectivity index (χ1v) is 17.5. The van der Waals surface area contributed by atoms with Crippen LogP contribution in [0.4, 0.5) is 8.78 Å². The van der Waals surface area contributed by atoms with E-state index in [-0.39, 0.29) is 29.3 Å². The van der Waals surface area contributed by atoms with E-state index in [1.54, 1.807) is 0 Å². The standard InChI is InChI=1S/C32H58F2N8O2/c1-3-5-7-9-32-10-8-23(33)19-42(32)26(16-32)27(29(35)36)30(43)38-25-21-39(11-6-4-2)20-24(34)28(25)40-12-14-41(15-13-40)31(44)22-17-37-18-22/h22-29,37H,3-21,35-36H2,1-2H3,(H,38,43). The highest BCUT2D eigenvalue weighted by Gasteiger charge is 2.58. The van der Waals surface area contributed by atoms with Crippen LogP contribution < -0.4 is 22.1 Å². The van der Waals surface area contributed by atoms with Crippen molar-refractivity contribution in [2.75, 3.05) is 65.4 Å². The van der Waals surface area contributed by atoms with Crippen LogP contribution in [0.2, 0.25) is 0 Å². The van der Waals surface area contributed by atoms with E-state index < -0.39 is 36.5 Å². The zero-order valence-electron chi connectivity index (χ0n) is 27.1. The molecule has 252 valence electrons. The van der Waals surface area contributed by atoms with Crippen molar-refractivity contribution in [3.05, 3.63) is 0 Å². The first-order chi connectivity index (χ1) is 21.2. The van der Waals surface area contributed by atoms with Crippen molar-refractivity contribution >= 4 is 11.8 Å². The van der Waals surface area contributed by atoms with Gasteiger partial charge in [0, 0.05) is 70.5 Å². The van der Waals surface area contributed by atoms with E-state index in [0.29, 0.717) is 52.2 Å². The molecule has 6 N–H and O–H groups in total. The number of carbonyl (C=O) groups excluding carboxylic acids is 2. The molecule has 0 aromatic rings. The van der Waals surface area contributed by atoms with Gasteiger partial charge in [0.2, 0.25) is 11.8 Å². The molecule has 5 aliphatic rings. The van der Waals surface area contributed by atoms with E-state index in [1.807, 2.05) is 4.90 Å². The Balaban J connectivity index is 1.28. The van der Waals surface area contributed by atoms with E-state index in [9.17, 15) is 14.0 Å². The van der Waals surface area contributed by atoms with Crippen LogP contribution in [0.3, 0.4) is 0 Å². The van der Waals surface area contributed by atoms with Gasteiger partial charge in [0.1, 0.15) is 12.3 Å². The Morgan fingerprint density at radius 1 is 1.00 bits per heavy atom. The number of halogens is 2. The Morgan fingerprint density at radius 2 is 1.73 bits per heavy atom. The number of carbonyl (C=O) groups is 2. The third kappa shape index (κ3) is 7.25. The summed E-state index contributed by atoms with van der Waals surface area (Å²) in [5, 5.41) is 6.41. The second-order valence-corrected chi connectivity index (χ2v) is 14.3. The number of hydrogen-bond acceptors (Lipinski definition) is 8. The van der Waals surface area contributed by atoms with E-state index in [1.165, 1.54) is 0 Å². The van der Waals surface area contributed by atoms with Crippen molar-refractivity contribution in [3.63, 3.8) is 0 Å². The number of nitrogens with two attached hydrogens (primary N) is 2. The lowest BCUT2D eigenvalue weighted by Gasteiger charge is -2.64. The fourth-order valence-corrected chi connectivity index (χ4v) is 8.65. The topological polar surface area (TPSA) is 123 Å². The summed E-state index contributed by atoms with van der Waals surface area (Å²) in [5.41, 5.74) is 12.6. The van der Waals surface area contributed by atoms with Gasteiger partial charge in [-0.1, -0.05) is 39.5 Å². The minimum absolute atomic E-state index is 0.0474. The average molecular weight is 625 g/mol. The molecule has 0 aromatic carbocycles. The molecule has 0 bridgehead atoms. The number of nitrogens with one attached hydrogen (secondary N) is 2. The Bertz CT molecular complexity index is 965. The van der Waals surface area contributed by atoms with Crippen LogP contribution in [0, 0.1) is 11.8 Å². The fourth-order valence-electron chi connectivity index (χ4n) is 8.65. The highest BCUT2D eigenvalue weighted by Crippen LogP contribution is 2.50. The molecule has 10 nitrogen and oxygen atoms in total. The highest BCUT2D eigenvalue weighted by molar-refractivity contribution is 5.81. The maximum Gasteiger partial charge on any atom is 0.228 e. The molecule has 0 spiro atoms. The number of amides is 2. The molecule has 7 atom stereocenters. The number of alkyl halides is 2. The van der Waals surface area contributed by atoms with Crippen LogP contribution >= 0.6 is 0 Å². The Morgan fingerprint density at radius 3 is 2.36 bits per heavy atom. The van der Waals surface area contributed by atoms with Crippen LogP contribution in [-0.4, -0.2) is 139 Å². The first kappa shape index (κ1) is 33.9. The van der Waals surface area contributed by atoms with Gasteiger partial charge in [-0.05, 0) is 38.6 Å².